The normalized spacial score (nSPS) is 10.1. The Morgan fingerprint density at radius 3 is 2.80 bits per heavy atom. The number of alkyl halides is 2. The standard InChI is InChI=1S/C9H8F2N2O2/c1-15-9-7(14)5(2-3-12)6(4-13-9)8(10)11/h4,8,14H,2H2,1H3. The van der Waals surface area contributed by atoms with Gasteiger partial charge in [-0.1, -0.05) is 0 Å². The minimum atomic E-state index is -2.78. The first-order valence-corrected chi connectivity index (χ1v) is 4.01. The van der Waals surface area contributed by atoms with E-state index in [-0.39, 0.29) is 17.9 Å². The van der Waals surface area contributed by atoms with Gasteiger partial charge in [-0.15, -0.1) is 0 Å². The molecule has 1 N–H and O–H groups in total. The van der Waals surface area contributed by atoms with Crippen molar-refractivity contribution in [3.63, 3.8) is 0 Å². The van der Waals surface area contributed by atoms with Crippen LogP contribution in [0.25, 0.3) is 0 Å². The lowest BCUT2D eigenvalue weighted by molar-refractivity contribution is 0.149. The number of aromatic nitrogens is 1. The monoisotopic (exact) mass is 214 g/mol. The molecule has 0 aromatic carbocycles. The zero-order chi connectivity index (χ0) is 11.4. The van der Waals surface area contributed by atoms with E-state index >= 15 is 0 Å². The third kappa shape index (κ3) is 2.13. The SMILES string of the molecule is COc1ncc(C(F)F)c(CC#N)c1O. The first-order valence-electron chi connectivity index (χ1n) is 4.01. The van der Waals surface area contributed by atoms with E-state index in [4.69, 9.17) is 5.26 Å². The molecule has 80 valence electrons. The summed E-state index contributed by atoms with van der Waals surface area (Å²) in [5.41, 5.74) is -0.589. The van der Waals surface area contributed by atoms with E-state index in [1.54, 1.807) is 6.07 Å². The maximum atomic E-state index is 12.5. The number of ether oxygens (including phenoxy) is 1. The van der Waals surface area contributed by atoms with E-state index in [0.29, 0.717) is 0 Å². The van der Waals surface area contributed by atoms with Gasteiger partial charge >= 0.3 is 0 Å². The summed E-state index contributed by atoms with van der Waals surface area (Å²) in [5, 5.41) is 17.9. The molecule has 0 fully saturated rings. The molecule has 1 heterocycles. The van der Waals surface area contributed by atoms with Crippen LogP contribution in [0.4, 0.5) is 8.78 Å². The Morgan fingerprint density at radius 2 is 2.33 bits per heavy atom. The molecule has 1 aromatic rings. The Hall–Kier alpha value is -1.90. The third-order valence-electron chi connectivity index (χ3n) is 1.84. The average Bonchev–Trinajstić information content (AvgIpc) is 2.20. The molecular weight excluding hydrogens is 206 g/mol. The number of halogens is 2. The summed E-state index contributed by atoms with van der Waals surface area (Å²) in [5.74, 6) is -0.665. The molecule has 0 bridgehead atoms. The number of nitrogens with zero attached hydrogens (tertiary/aromatic N) is 2. The van der Waals surface area contributed by atoms with Gasteiger partial charge in [0, 0.05) is 17.3 Å². The summed E-state index contributed by atoms with van der Waals surface area (Å²) >= 11 is 0. The van der Waals surface area contributed by atoms with E-state index in [9.17, 15) is 13.9 Å². The van der Waals surface area contributed by atoms with Gasteiger partial charge in [-0.2, -0.15) is 5.26 Å². The second-order valence-electron chi connectivity index (χ2n) is 2.69. The summed E-state index contributed by atoms with van der Waals surface area (Å²) in [4.78, 5) is 3.50. The lowest BCUT2D eigenvalue weighted by Crippen LogP contribution is -1.99. The van der Waals surface area contributed by atoms with Crippen LogP contribution in [0.2, 0.25) is 0 Å². The molecular formula is C9H8F2N2O2. The highest BCUT2D eigenvalue weighted by atomic mass is 19.3. The van der Waals surface area contributed by atoms with E-state index in [1.807, 2.05) is 0 Å². The molecule has 0 saturated heterocycles. The molecule has 1 aromatic heterocycles. The number of rotatable bonds is 3. The minimum Gasteiger partial charge on any atom is -0.503 e. The average molecular weight is 214 g/mol. The van der Waals surface area contributed by atoms with Gasteiger partial charge < -0.3 is 9.84 Å². The van der Waals surface area contributed by atoms with Gasteiger partial charge in [-0.05, 0) is 0 Å². The molecule has 6 heteroatoms. The maximum absolute atomic E-state index is 12.5. The first-order chi connectivity index (χ1) is 7.11. The largest absolute Gasteiger partial charge is 0.503 e. The summed E-state index contributed by atoms with van der Waals surface area (Å²) in [6.45, 7) is 0. The number of nitriles is 1. The molecule has 0 unspecified atom stereocenters. The van der Waals surface area contributed by atoms with Crippen LogP contribution in [0.5, 0.6) is 11.6 Å². The van der Waals surface area contributed by atoms with E-state index in [0.717, 1.165) is 6.20 Å². The first kappa shape index (κ1) is 11.2. The lowest BCUT2D eigenvalue weighted by Gasteiger charge is -2.10. The van der Waals surface area contributed by atoms with Crippen LogP contribution in [0.1, 0.15) is 17.6 Å². The van der Waals surface area contributed by atoms with Crippen LogP contribution >= 0.6 is 0 Å². The van der Waals surface area contributed by atoms with Crippen molar-refractivity contribution in [1.82, 2.24) is 4.98 Å². The van der Waals surface area contributed by atoms with Crippen molar-refractivity contribution in [3.8, 4) is 17.7 Å². The van der Waals surface area contributed by atoms with E-state index in [1.165, 1.54) is 7.11 Å². The van der Waals surface area contributed by atoms with Crippen LogP contribution in [-0.4, -0.2) is 17.2 Å². The van der Waals surface area contributed by atoms with Crippen LogP contribution in [0.3, 0.4) is 0 Å². The predicted octanol–water partition coefficient (Wildman–Crippen LogP) is 1.80. The van der Waals surface area contributed by atoms with Gasteiger partial charge in [0.05, 0.1) is 19.6 Å². The van der Waals surface area contributed by atoms with Gasteiger partial charge in [0.2, 0.25) is 0 Å². The van der Waals surface area contributed by atoms with Crippen molar-refractivity contribution in [2.24, 2.45) is 0 Å². The van der Waals surface area contributed by atoms with E-state index in [2.05, 4.69) is 9.72 Å². The van der Waals surface area contributed by atoms with Crippen molar-refractivity contribution in [2.75, 3.05) is 7.11 Å². The molecule has 0 saturated carbocycles. The van der Waals surface area contributed by atoms with Crippen molar-refractivity contribution in [2.45, 2.75) is 12.8 Å². The molecule has 0 atom stereocenters. The number of hydrogen-bond acceptors (Lipinski definition) is 4. The minimum absolute atomic E-state index is 0.139. The highest BCUT2D eigenvalue weighted by Gasteiger charge is 2.20. The molecule has 0 aliphatic rings. The third-order valence-corrected chi connectivity index (χ3v) is 1.84. The van der Waals surface area contributed by atoms with Crippen LogP contribution in [-0.2, 0) is 6.42 Å². The molecule has 15 heavy (non-hydrogen) atoms. The van der Waals surface area contributed by atoms with Crippen molar-refractivity contribution in [1.29, 1.82) is 5.26 Å². The fourth-order valence-corrected chi connectivity index (χ4v) is 1.14. The van der Waals surface area contributed by atoms with Gasteiger partial charge in [0.1, 0.15) is 0 Å². The Bertz CT molecular complexity index is 402. The Kier molecular flexibility index (Phi) is 3.39. The quantitative estimate of drug-likeness (QED) is 0.833. The molecule has 0 radical (unpaired) electrons. The zero-order valence-corrected chi connectivity index (χ0v) is 7.87. The fraction of sp³-hybridized carbons (Fsp3) is 0.333. The zero-order valence-electron chi connectivity index (χ0n) is 7.87. The van der Waals surface area contributed by atoms with Gasteiger partial charge in [-0.25, -0.2) is 13.8 Å². The predicted molar refractivity (Wildman–Crippen MR) is 46.7 cm³/mol. The maximum Gasteiger partial charge on any atom is 0.265 e. The van der Waals surface area contributed by atoms with Crippen LogP contribution in [0, 0.1) is 11.3 Å². The summed E-state index contributed by atoms with van der Waals surface area (Å²) < 4.78 is 29.6. The van der Waals surface area contributed by atoms with Gasteiger partial charge in [0.25, 0.3) is 12.3 Å². The number of aromatic hydroxyl groups is 1. The summed E-state index contributed by atoms with van der Waals surface area (Å²) in [6, 6.07) is 1.69. The molecule has 1 rings (SSSR count). The topological polar surface area (TPSA) is 66.1 Å². The van der Waals surface area contributed by atoms with Crippen molar-refractivity contribution < 1.29 is 18.6 Å². The molecule has 0 amide bonds. The lowest BCUT2D eigenvalue weighted by atomic mass is 10.1. The van der Waals surface area contributed by atoms with Crippen molar-refractivity contribution in [3.05, 3.63) is 17.3 Å². The fourth-order valence-electron chi connectivity index (χ4n) is 1.14. The Labute approximate surface area is 84.7 Å². The summed E-state index contributed by atoms with van der Waals surface area (Å²) in [7, 11) is 1.25. The number of methoxy groups -OCH3 is 1. The second-order valence-corrected chi connectivity index (χ2v) is 2.69. The molecule has 4 nitrogen and oxygen atoms in total. The molecule has 0 aliphatic heterocycles. The van der Waals surface area contributed by atoms with Gasteiger partial charge in [-0.3, -0.25) is 0 Å². The molecule has 0 aliphatic carbocycles. The molecule has 0 spiro atoms. The Balaban J connectivity index is 3.32. The van der Waals surface area contributed by atoms with Crippen LogP contribution < -0.4 is 4.74 Å². The highest BCUT2D eigenvalue weighted by molar-refractivity contribution is 5.46. The van der Waals surface area contributed by atoms with Gasteiger partial charge in [0.15, 0.2) is 5.75 Å². The second kappa shape index (κ2) is 4.55. The summed E-state index contributed by atoms with van der Waals surface area (Å²) in [6.07, 6.45) is -2.20. The Morgan fingerprint density at radius 1 is 1.67 bits per heavy atom. The smallest absolute Gasteiger partial charge is 0.265 e. The number of pyridine rings is 1. The number of hydrogen-bond donors (Lipinski definition) is 1. The van der Waals surface area contributed by atoms with Crippen LogP contribution in [0.15, 0.2) is 6.20 Å². The van der Waals surface area contributed by atoms with E-state index < -0.39 is 17.7 Å². The highest BCUT2D eigenvalue weighted by Crippen LogP contribution is 2.34. The van der Waals surface area contributed by atoms with Crippen molar-refractivity contribution >= 4 is 0 Å².